The quantitative estimate of drug-likeness (QED) is 0.681. The number of aliphatic hydroxyl groups is 1. The molecule has 9 heavy (non-hydrogen) atoms. The van der Waals surface area contributed by atoms with Crippen molar-refractivity contribution in [2.24, 2.45) is 5.92 Å². The molecule has 0 radical (unpaired) electrons. The molecule has 0 aliphatic carbocycles. The standard InChI is InChI=1S/C7H15BrO/c1-3-6(4-2)7(9)5-8/h6-7,9H,3-5H2,1-2H3. The lowest BCUT2D eigenvalue weighted by Crippen LogP contribution is -2.20. The van der Waals surface area contributed by atoms with E-state index in [-0.39, 0.29) is 6.10 Å². The molecule has 0 bridgehead atoms. The van der Waals surface area contributed by atoms with Gasteiger partial charge in [0.05, 0.1) is 6.10 Å². The van der Waals surface area contributed by atoms with E-state index in [9.17, 15) is 5.11 Å². The van der Waals surface area contributed by atoms with Gasteiger partial charge in [-0.3, -0.25) is 0 Å². The number of aliphatic hydroxyl groups excluding tert-OH is 1. The Morgan fingerprint density at radius 3 is 1.89 bits per heavy atom. The predicted molar refractivity (Wildman–Crippen MR) is 43.9 cm³/mol. The lowest BCUT2D eigenvalue weighted by molar-refractivity contribution is 0.126. The summed E-state index contributed by atoms with van der Waals surface area (Å²) in [5, 5.41) is 9.98. The van der Waals surface area contributed by atoms with Gasteiger partial charge in [0.15, 0.2) is 0 Å². The Balaban J connectivity index is 3.50. The van der Waals surface area contributed by atoms with Crippen molar-refractivity contribution < 1.29 is 5.11 Å². The Morgan fingerprint density at radius 2 is 1.78 bits per heavy atom. The highest BCUT2D eigenvalue weighted by Crippen LogP contribution is 2.14. The largest absolute Gasteiger partial charge is 0.392 e. The van der Waals surface area contributed by atoms with E-state index in [2.05, 4.69) is 29.8 Å². The van der Waals surface area contributed by atoms with E-state index >= 15 is 0 Å². The zero-order valence-electron chi connectivity index (χ0n) is 6.10. The van der Waals surface area contributed by atoms with Gasteiger partial charge >= 0.3 is 0 Å². The van der Waals surface area contributed by atoms with Crippen LogP contribution in [0.5, 0.6) is 0 Å². The summed E-state index contributed by atoms with van der Waals surface area (Å²) in [5.41, 5.74) is 0. The summed E-state index contributed by atoms with van der Waals surface area (Å²) in [6, 6.07) is 0. The minimum Gasteiger partial charge on any atom is -0.392 e. The molecule has 0 aliphatic heterocycles. The summed E-state index contributed by atoms with van der Waals surface area (Å²) in [7, 11) is 0. The van der Waals surface area contributed by atoms with Gasteiger partial charge in [0.1, 0.15) is 0 Å². The number of alkyl halides is 1. The van der Waals surface area contributed by atoms with Crippen LogP contribution in [0.2, 0.25) is 0 Å². The molecular formula is C7H15BrO. The van der Waals surface area contributed by atoms with Gasteiger partial charge in [0, 0.05) is 5.33 Å². The third-order valence-corrected chi connectivity index (χ3v) is 2.41. The maximum atomic E-state index is 9.27. The normalized spacial score (nSPS) is 14.3. The molecule has 0 saturated carbocycles. The molecule has 0 fully saturated rings. The zero-order chi connectivity index (χ0) is 7.28. The fourth-order valence-corrected chi connectivity index (χ4v) is 1.49. The van der Waals surface area contributed by atoms with Crippen LogP contribution in [-0.2, 0) is 0 Å². The Labute approximate surface area is 65.6 Å². The van der Waals surface area contributed by atoms with Crippen LogP contribution in [0.15, 0.2) is 0 Å². The maximum Gasteiger partial charge on any atom is 0.0664 e. The van der Waals surface area contributed by atoms with Crippen molar-refractivity contribution >= 4 is 15.9 Å². The summed E-state index contributed by atoms with van der Waals surface area (Å²) >= 11 is 3.25. The van der Waals surface area contributed by atoms with Gasteiger partial charge in [-0.2, -0.15) is 0 Å². The monoisotopic (exact) mass is 194 g/mol. The Bertz CT molecular complexity index is 61.9. The molecule has 1 unspecified atom stereocenters. The predicted octanol–water partition coefficient (Wildman–Crippen LogP) is 2.18. The SMILES string of the molecule is CCC(CC)C(O)CBr. The smallest absolute Gasteiger partial charge is 0.0664 e. The van der Waals surface area contributed by atoms with Crippen molar-refractivity contribution in [2.45, 2.75) is 32.8 Å². The van der Waals surface area contributed by atoms with Crippen LogP contribution in [0.4, 0.5) is 0 Å². The molecule has 0 saturated heterocycles. The molecule has 2 heteroatoms. The highest BCUT2D eigenvalue weighted by Gasteiger charge is 2.12. The van der Waals surface area contributed by atoms with Crippen molar-refractivity contribution in [3.05, 3.63) is 0 Å². The van der Waals surface area contributed by atoms with Crippen LogP contribution < -0.4 is 0 Å². The van der Waals surface area contributed by atoms with Crippen molar-refractivity contribution in [2.75, 3.05) is 5.33 Å². The van der Waals surface area contributed by atoms with E-state index in [0.717, 1.165) is 12.8 Å². The molecule has 0 aromatic carbocycles. The lowest BCUT2D eigenvalue weighted by Gasteiger charge is -2.16. The highest BCUT2D eigenvalue weighted by atomic mass is 79.9. The van der Waals surface area contributed by atoms with Gasteiger partial charge in [-0.05, 0) is 5.92 Å². The summed E-state index contributed by atoms with van der Waals surface area (Å²) < 4.78 is 0. The van der Waals surface area contributed by atoms with Crippen LogP contribution in [0.25, 0.3) is 0 Å². The molecule has 0 aromatic rings. The van der Waals surface area contributed by atoms with Gasteiger partial charge < -0.3 is 5.11 Å². The fraction of sp³-hybridized carbons (Fsp3) is 1.00. The maximum absolute atomic E-state index is 9.27. The van der Waals surface area contributed by atoms with Crippen LogP contribution in [-0.4, -0.2) is 16.5 Å². The molecule has 1 atom stereocenters. The van der Waals surface area contributed by atoms with Gasteiger partial charge in [0.2, 0.25) is 0 Å². The van der Waals surface area contributed by atoms with E-state index in [1.165, 1.54) is 0 Å². The first-order valence-electron chi connectivity index (χ1n) is 3.50. The van der Waals surface area contributed by atoms with Crippen molar-refractivity contribution in [3.63, 3.8) is 0 Å². The van der Waals surface area contributed by atoms with Crippen LogP contribution in [0, 0.1) is 5.92 Å². The number of hydrogen-bond acceptors (Lipinski definition) is 1. The zero-order valence-corrected chi connectivity index (χ0v) is 7.69. The minimum atomic E-state index is -0.153. The molecule has 0 amide bonds. The molecule has 0 rings (SSSR count). The van der Waals surface area contributed by atoms with Crippen molar-refractivity contribution in [1.82, 2.24) is 0 Å². The average molecular weight is 195 g/mol. The van der Waals surface area contributed by atoms with Crippen LogP contribution in [0.3, 0.4) is 0 Å². The second kappa shape index (κ2) is 5.24. The number of hydrogen-bond donors (Lipinski definition) is 1. The Morgan fingerprint density at radius 1 is 1.33 bits per heavy atom. The van der Waals surface area contributed by atoms with Crippen LogP contribution >= 0.6 is 15.9 Å². The van der Waals surface area contributed by atoms with Crippen molar-refractivity contribution in [3.8, 4) is 0 Å². The summed E-state index contributed by atoms with van der Waals surface area (Å²) in [4.78, 5) is 0. The first-order valence-corrected chi connectivity index (χ1v) is 4.62. The summed E-state index contributed by atoms with van der Waals surface area (Å²) in [6.07, 6.45) is 1.99. The van der Waals surface area contributed by atoms with E-state index in [0.29, 0.717) is 11.2 Å². The third-order valence-electron chi connectivity index (χ3n) is 1.75. The van der Waals surface area contributed by atoms with E-state index in [4.69, 9.17) is 0 Å². The second-order valence-electron chi connectivity index (χ2n) is 2.30. The lowest BCUT2D eigenvalue weighted by atomic mass is 9.98. The molecule has 0 spiro atoms. The fourth-order valence-electron chi connectivity index (χ4n) is 0.959. The van der Waals surface area contributed by atoms with E-state index in [1.807, 2.05) is 0 Å². The molecule has 56 valence electrons. The minimum absolute atomic E-state index is 0.153. The third kappa shape index (κ3) is 3.21. The topological polar surface area (TPSA) is 20.2 Å². The van der Waals surface area contributed by atoms with Gasteiger partial charge in [-0.1, -0.05) is 42.6 Å². The van der Waals surface area contributed by atoms with Gasteiger partial charge in [-0.15, -0.1) is 0 Å². The first-order chi connectivity index (χ1) is 4.26. The summed E-state index contributed by atoms with van der Waals surface area (Å²) in [6.45, 7) is 4.22. The molecule has 0 heterocycles. The average Bonchev–Trinajstić information content (AvgIpc) is 1.90. The molecule has 1 nitrogen and oxygen atoms in total. The Hall–Kier alpha value is 0.440. The first kappa shape index (κ1) is 9.44. The molecule has 1 N–H and O–H groups in total. The molecular weight excluding hydrogens is 180 g/mol. The number of halogens is 1. The van der Waals surface area contributed by atoms with E-state index < -0.39 is 0 Å². The van der Waals surface area contributed by atoms with E-state index in [1.54, 1.807) is 0 Å². The van der Waals surface area contributed by atoms with Gasteiger partial charge in [0.25, 0.3) is 0 Å². The Kier molecular flexibility index (Phi) is 5.50. The second-order valence-corrected chi connectivity index (χ2v) is 2.95. The number of rotatable bonds is 4. The highest BCUT2D eigenvalue weighted by molar-refractivity contribution is 9.09. The van der Waals surface area contributed by atoms with Gasteiger partial charge in [-0.25, -0.2) is 0 Å². The molecule has 0 aliphatic rings. The summed E-state index contributed by atoms with van der Waals surface area (Å²) in [5.74, 6) is 0.476. The van der Waals surface area contributed by atoms with Crippen molar-refractivity contribution in [1.29, 1.82) is 0 Å². The molecule has 0 aromatic heterocycles. The van der Waals surface area contributed by atoms with Crippen LogP contribution in [0.1, 0.15) is 26.7 Å².